The van der Waals surface area contributed by atoms with Crippen LogP contribution in [0.4, 0.5) is 11.5 Å². The van der Waals surface area contributed by atoms with Gasteiger partial charge in [-0.3, -0.25) is 0 Å². The van der Waals surface area contributed by atoms with Crippen LogP contribution in [0.15, 0.2) is 24.3 Å². The number of likely N-dealkylation sites (N-methyl/N-ethyl adjacent to an activating group) is 1. The molecule has 4 rings (SSSR count). The first-order valence-electron chi connectivity index (χ1n) is 12.3. The van der Waals surface area contributed by atoms with E-state index in [0.29, 0.717) is 5.11 Å². The zero-order valence-electron chi connectivity index (χ0n) is 19.7. The van der Waals surface area contributed by atoms with Crippen molar-refractivity contribution in [3.63, 3.8) is 0 Å². The van der Waals surface area contributed by atoms with Gasteiger partial charge in [0.25, 0.3) is 0 Å². The molecule has 2 aliphatic rings. The summed E-state index contributed by atoms with van der Waals surface area (Å²) in [5.41, 5.74) is 3.32. The number of thiocarbonyl (C=S) groups is 1. The van der Waals surface area contributed by atoms with E-state index >= 15 is 0 Å². The van der Waals surface area contributed by atoms with Gasteiger partial charge in [-0.25, -0.2) is 4.98 Å². The maximum Gasteiger partial charge on any atom is 0.170 e. The summed E-state index contributed by atoms with van der Waals surface area (Å²) in [5.74, 6) is 1.09. The molecule has 3 heterocycles. The molecular weight excluding hydrogens is 416 g/mol. The predicted molar refractivity (Wildman–Crippen MR) is 140 cm³/mol. The summed E-state index contributed by atoms with van der Waals surface area (Å²) in [6.07, 6.45) is 5.21. The molecule has 2 aromatic rings. The lowest BCUT2D eigenvalue weighted by molar-refractivity contribution is 0.227. The highest BCUT2D eigenvalue weighted by molar-refractivity contribution is 7.80. The predicted octanol–water partition coefficient (Wildman–Crippen LogP) is 3.85. The molecule has 0 unspecified atom stereocenters. The van der Waals surface area contributed by atoms with Crippen LogP contribution in [0.5, 0.6) is 0 Å². The third-order valence-corrected chi connectivity index (χ3v) is 7.04. The lowest BCUT2D eigenvalue weighted by Crippen LogP contribution is -2.46. The molecule has 0 amide bonds. The van der Waals surface area contributed by atoms with Crippen molar-refractivity contribution < 1.29 is 0 Å². The quantitative estimate of drug-likeness (QED) is 0.487. The Labute approximate surface area is 198 Å². The monoisotopic (exact) mass is 454 g/mol. The van der Waals surface area contributed by atoms with E-state index in [1.165, 1.54) is 43.3 Å². The highest BCUT2D eigenvalue weighted by Gasteiger charge is 2.18. The molecule has 1 aromatic heterocycles. The van der Waals surface area contributed by atoms with Crippen LogP contribution in [-0.4, -0.2) is 78.8 Å². The Hall–Kier alpha value is -1.96. The first-order chi connectivity index (χ1) is 15.6. The maximum absolute atomic E-state index is 5.52. The van der Waals surface area contributed by atoms with E-state index in [4.69, 9.17) is 17.2 Å². The van der Waals surface area contributed by atoms with Gasteiger partial charge >= 0.3 is 0 Å². The molecule has 2 N–H and O–H groups in total. The Morgan fingerprint density at radius 1 is 1.00 bits per heavy atom. The number of aromatic nitrogens is 1. The van der Waals surface area contributed by atoms with E-state index in [2.05, 4.69) is 63.4 Å². The first-order valence-corrected chi connectivity index (χ1v) is 12.7. The van der Waals surface area contributed by atoms with Gasteiger partial charge in [-0.1, -0.05) is 13.3 Å². The average molecular weight is 455 g/mol. The normalized spacial score (nSPS) is 18.1. The highest BCUT2D eigenvalue weighted by Crippen LogP contribution is 2.26. The Balaban J connectivity index is 1.31. The Kier molecular flexibility index (Phi) is 8.16. The Bertz CT molecular complexity index is 903. The van der Waals surface area contributed by atoms with Crippen molar-refractivity contribution in [3.8, 4) is 0 Å². The van der Waals surface area contributed by atoms with E-state index in [-0.39, 0.29) is 0 Å². The molecule has 0 spiro atoms. The van der Waals surface area contributed by atoms with Gasteiger partial charge in [-0.05, 0) is 94.4 Å². The van der Waals surface area contributed by atoms with Gasteiger partial charge < -0.3 is 25.3 Å². The van der Waals surface area contributed by atoms with Crippen LogP contribution in [0, 0.1) is 6.92 Å². The second-order valence-corrected chi connectivity index (χ2v) is 9.50. The van der Waals surface area contributed by atoms with Crippen LogP contribution < -0.4 is 15.5 Å². The van der Waals surface area contributed by atoms with Crippen LogP contribution in [0.25, 0.3) is 10.9 Å². The molecule has 0 atom stereocenters. The van der Waals surface area contributed by atoms with E-state index in [1.807, 2.05) is 0 Å². The summed E-state index contributed by atoms with van der Waals surface area (Å²) in [6, 6.07) is 8.58. The molecule has 2 aliphatic heterocycles. The number of piperazine rings is 1. The minimum absolute atomic E-state index is 0.694. The smallest absolute Gasteiger partial charge is 0.170 e. The number of hydrogen-bond donors (Lipinski definition) is 2. The number of pyridine rings is 1. The van der Waals surface area contributed by atoms with Crippen molar-refractivity contribution in [2.75, 3.05) is 69.1 Å². The molecule has 32 heavy (non-hydrogen) atoms. The van der Waals surface area contributed by atoms with Gasteiger partial charge in [0, 0.05) is 43.8 Å². The van der Waals surface area contributed by atoms with Crippen LogP contribution in [0.1, 0.15) is 38.2 Å². The van der Waals surface area contributed by atoms with Gasteiger partial charge in [0.2, 0.25) is 0 Å². The molecule has 0 bridgehead atoms. The summed E-state index contributed by atoms with van der Waals surface area (Å²) >= 11 is 5.52. The molecule has 0 saturated carbocycles. The number of nitrogens with zero attached hydrogens (tertiary/aromatic N) is 4. The van der Waals surface area contributed by atoms with E-state index in [9.17, 15) is 0 Å². The summed E-state index contributed by atoms with van der Waals surface area (Å²) < 4.78 is 0. The highest BCUT2D eigenvalue weighted by atomic mass is 32.1. The van der Waals surface area contributed by atoms with Gasteiger partial charge in [-0.15, -0.1) is 0 Å². The minimum Gasteiger partial charge on any atom is -0.362 e. The molecule has 1 aromatic carbocycles. The number of nitrogens with one attached hydrogen (secondary N) is 2. The summed E-state index contributed by atoms with van der Waals surface area (Å²) in [5, 5.41) is 8.59. The fourth-order valence-electron chi connectivity index (χ4n) is 4.77. The zero-order valence-corrected chi connectivity index (χ0v) is 20.5. The average Bonchev–Trinajstić information content (AvgIpc) is 2.83. The number of likely N-dealkylation sites (tertiary alicyclic amines) is 1. The molecule has 174 valence electrons. The van der Waals surface area contributed by atoms with Crippen LogP contribution in [-0.2, 0) is 0 Å². The topological polar surface area (TPSA) is 46.7 Å². The first kappa shape index (κ1) is 23.2. The minimum atomic E-state index is 0.694. The van der Waals surface area contributed by atoms with Crippen LogP contribution in [0.3, 0.4) is 0 Å². The fourth-order valence-corrected chi connectivity index (χ4v) is 4.99. The van der Waals surface area contributed by atoms with E-state index in [0.717, 1.165) is 69.3 Å². The van der Waals surface area contributed by atoms with Crippen molar-refractivity contribution in [2.45, 2.75) is 39.5 Å². The SMILES string of the molecule is CCN1CCN(c2cc(C)c3cc(NC(=S)NCCCN4CCCCC4)ccc3n2)CC1. The van der Waals surface area contributed by atoms with Gasteiger partial charge in [0.1, 0.15) is 5.82 Å². The van der Waals surface area contributed by atoms with Gasteiger partial charge in [0.15, 0.2) is 5.11 Å². The van der Waals surface area contributed by atoms with Crippen LogP contribution in [0.2, 0.25) is 0 Å². The van der Waals surface area contributed by atoms with Gasteiger partial charge in [0.05, 0.1) is 5.52 Å². The van der Waals surface area contributed by atoms with Crippen molar-refractivity contribution in [2.24, 2.45) is 0 Å². The largest absolute Gasteiger partial charge is 0.362 e. The standard InChI is InChI=1S/C25H38N6S/c1-3-29-14-16-31(17-15-29)24-18-20(2)22-19-21(8-9-23(22)28-24)27-25(32)26-10-7-13-30-11-5-4-6-12-30/h8-9,18-19H,3-7,10-17H2,1-2H3,(H2,26,27,32). The number of benzene rings is 1. The third-order valence-electron chi connectivity index (χ3n) is 6.79. The van der Waals surface area contributed by atoms with Crippen molar-refractivity contribution in [1.29, 1.82) is 0 Å². The van der Waals surface area contributed by atoms with Crippen molar-refractivity contribution in [3.05, 3.63) is 29.8 Å². The third kappa shape index (κ3) is 6.09. The zero-order chi connectivity index (χ0) is 22.3. The fraction of sp³-hybridized carbons (Fsp3) is 0.600. The maximum atomic E-state index is 5.52. The Morgan fingerprint density at radius 2 is 1.78 bits per heavy atom. The summed E-state index contributed by atoms with van der Waals surface area (Å²) in [6.45, 7) is 14.4. The van der Waals surface area contributed by atoms with Crippen molar-refractivity contribution >= 4 is 39.7 Å². The number of rotatable bonds is 7. The van der Waals surface area contributed by atoms with Gasteiger partial charge in [-0.2, -0.15) is 0 Å². The van der Waals surface area contributed by atoms with E-state index in [1.54, 1.807) is 0 Å². The van der Waals surface area contributed by atoms with Crippen molar-refractivity contribution in [1.82, 2.24) is 20.1 Å². The molecular formula is C25H38N6S. The Morgan fingerprint density at radius 3 is 2.53 bits per heavy atom. The number of hydrogen-bond acceptors (Lipinski definition) is 5. The number of piperidine rings is 1. The second kappa shape index (κ2) is 11.3. The number of aryl methyl sites for hydroxylation is 1. The molecule has 2 saturated heterocycles. The summed E-state index contributed by atoms with van der Waals surface area (Å²) in [7, 11) is 0. The molecule has 2 fully saturated rings. The lowest BCUT2D eigenvalue weighted by Gasteiger charge is -2.35. The lowest BCUT2D eigenvalue weighted by atomic mass is 10.1. The molecule has 0 aliphatic carbocycles. The number of fused-ring (bicyclic) bond motifs is 1. The molecule has 6 nitrogen and oxygen atoms in total. The molecule has 0 radical (unpaired) electrons. The van der Waals surface area contributed by atoms with Crippen LogP contribution >= 0.6 is 12.2 Å². The second-order valence-electron chi connectivity index (χ2n) is 9.09. The number of anilines is 2. The summed E-state index contributed by atoms with van der Waals surface area (Å²) in [4.78, 5) is 12.4. The van der Waals surface area contributed by atoms with E-state index < -0.39 is 0 Å². The molecule has 7 heteroatoms.